The van der Waals surface area contributed by atoms with Gasteiger partial charge in [-0.3, -0.25) is 14.5 Å². The molecule has 1 saturated heterocycles. The van der Waals surface area contributed by atoms with Crippen LogP contribution in [0.1, 0.15) is 25.0 Å². The van der Waals surface area contributed by atoms with Crippen LogP contribution in [0.2, 0.25) is 0 Å². The number of ether oxygens (including phenoxy) is 2. The molecule has 3 rings (SSSR count). The van der Waals surface area contributed by atoms with E-state index in [1.807, 2.05) is 50.2 Å². The van der Waals surface area contributed by atoms with Gasteiger partial charge in [-0.05, 0) is 59.2 Å². The second-order valence-electron chi connectivity index (χ2n) is 5.94. The Kier molecular flexibility index (Phi) is 6.80. The summed E-state index contributed by atoms with van der Waals surface area (Å²) in [6.07, 6.45) is 1.70. The number of rotatable bonds is 7. The molecule has 0 radical (unpaired) electrons. The van der Waals surface area contributed by atoms with E-state index in [0.717, 1.165) is 21.8 Å². The fraction of sp³-hybridized carbons (Fsp3) is 0.238. The lowest BCUT2D eigenvalue weighted by molar-refractivity contribution is -0.123. The highest BCUT2D eigenvalue weighted by Crippen LogP contribution is 2.38. The number of thioether (sulfide) groups is 1. The maximum absolute atomic E-state index is 12.8. The third-order valence-electron chi connectivity index (χ3n) is 4.01. The summed E-state index contributed by atoms with van der Waals surface area (Å²) in [4.78, 5) is 26.8. The van der Waals surface area contributed by atoms with Gasteiger partial charge in [0.25, 0.3) is 11.1 Å². The smallest absolute Gasteiger partial charge is 0.293 e. The van der Waals surface area contributed by atoms with Crippen molar-refractivity contribution in [2.75, 3.05) is 13.2 Å². The van der Waals surface area contributed by atoms with Gasteiger partial charge >= 0.3 is 0 Å². The Hall–Kier alpha value is -2.25. The van der Waals surface area contributed by atoms with E-state index in [9.17, 15) is 9.59 Å². The molecule has 28 heavy (non-hydrogen) atoms. The minimum absolute atomic E-state index is 0.258. The summed E-state index contributed by atoms with van der Waals surface area (Å²) in [6, 6.07) is 13.1. The summed E-state index contributed by atoms with van der Waals surface area (Å²) < 4.78 is 12.1. The van der Waals surface area contributed by atoms with Gasteiger partial charge in [-0.1, -0.05) is 30.3 Å². The number of carbonyl (C=O) groups is 2. The molecule has 7 heteroatoms. The summed E-state index contributed by atoms with van der Waals surface area (Å²) in [6.45, 7) is 5.06. The summed E-state index contributed by atoms with van der Waals surface area (Å²) in [5.41, 5.74) is 1.62. The molecule has 2 amide bonds. The molecule has 0 unspecified atom stereocenters. The van der Waals surface area contributed by atoms with Gasteiger partial charge in [0.2, 0.25) is 0 Å². The maximum atomic E-state index is 12.8. The van der Waals surface area contributed by atoms with Crippen LogP contribution in [0.5, 0.6) is 11.5 Å². The molecule has 2 aromatic carbocycles. The Morgan fingerprint density at radius 1 is 1.04 bits per heavy atom. The van der Waals surface area contributed by atoms with Crippen molar-refractivity contribution < 1.29 is 19.1 Å². The minimum Gasteiger partial charge on any atom is -0.493 e. The minimum atomic E-state index is -0.300. The summed E-state index contributed by atoms with van der Waals surface area (Å²) in [5, 5.41) is -0.275. The molecule has 1 fully saturated rings. The number of carbonyl (C=O) groups excluding carboxylic acids is 2. The van der Waals surface area contributed by atoms with Gasteiger partial charge in [0.1, 0.15) is 11.5 Å². The maximum Gasteiger partial charge on any atom is 0.293 e. The third-order valence-corrected chi connectivity index (χ3v) is 5.53. The van der Waals surface area contributed by atoms with Crippen LogP contribution >= 0.6 is 27.7 Å². The molecule has 5 nitrogen and oxygen atoms in total. The first-order valence-corrected chi connectivity index (χ1v) is 10.5. The fourth-order valence-electron chi connectivity index (χ4n) is 2.75. The summed E-state index contributed by atoms with van der Waals surface area (Å²) >= 11 is 4.43. The number of halogens is 1. The number of nitrogens with zero attached hydrogens (tertiary/aromatic N) is 1. The Labute approximate surface area is 176 Å². The lowest BCUT2D eigenvalue weighted by atomic mass is 10.1. The van der Waals surface area contributed by atoms with Crippen LogP contribution in [0, 0.1) is 0 Å². The van der Waals surface area contributed by atoms with Crippen LogP contribution in [0.15, 0.2) is 51.8 Å². The van der Waals surface area contributed by atoms with Crippen LogP contribution in [0.4, 0.5) is 4.79 Å². The van der Waals surface area contributed by atoms with Crippen molar-refractivity contribution in [1.82, 2.24) is 4.90 Å². The van der Waals surface area contributed by atoms with Gasteiger partial charge in [-0.2, -0.15) is 0 Å². The number of hydrogen-bond donors (Lipinski definition) is 0. The first kappa shape index (κ1) is 20.5. The predicted octanol–water partition coefficient (Wildman–Crippen LogP) is 5.48. The standard InChI is InChI=1S/C21H20BrNO4S/c1-3-26-17-12-18(27-4-2)16(22)10-15(17)11-19-20(24)23(21(25)28-19)13-14-8-6-5-7-9-14/h5-12H,3-4,13H2,1-2H3. The topological polar surface area (TPSA) is 55.8 Å². The molecular formula is C21H20BrNO4S. The van der Waals surface area contributed by atoms with E-state index in [0.29, 0.717) is 35.2 Å². The van der Waals surface area contributed by atoms with E-state index in [1.54, 1.807) is 12.1 Å². The molecule has 0 aromatic heterocycles. The number of hydrogen-bond acceptors (Lipinski definition) is 5. The van der Waals surface area contributed by atoms with Gasteiger partial charge in [0, 0.05) is 11.6 Å². The lowest BCUT2D eigenvalue weighted by Gasteiger charge is -2.13. The van der Waals surface area contributed by atoms with Gasteiger partial charge in [-0.15, -0.1) is 0 Å². The summed E-state index contributed by atoms with van der Waals surface area (Å²) in [7, 11) is 0. The van der Waals surface area contributed by atoms with Crippen molar-refractivity contribution in [3.63, 3.8) is 0 Å². The monoisotopic (exact) mass is 461 g/mol. The molecule has 0 atom stereocenters. The SMILES string of the molecule is CCOc1cc(OCC)c(C=C2SC(=O)N(Cc3ccccc3)C2=O)cc1Br. The lowest BCUT2D eigenvalue weighted by Crippen LogP contribution is -2.27. The number of imide groups is 1. The van der Waals surface area contributed by atoms with Gasteiger partial charge in [-0.25, -0.2) is 0 Å². The van der Waals surface area contributed by atoms with E-state index in [4.69, 9.17) is 9.47 Å². The second-order valence-corrected chi connectivity index (χ2v) is 7.79. The Morgan fingerprint density at radius 3 is 2.39 bits per heavy atom. The quantitative estimate of drug-likeness (QED) is 0.510. The fourth-order valence-corrected chi connectivity index (χ4v) is 4.06. The van der Waals surface area contributed by atoms with E-state index in [2.05, 4.69) is 15.9 Å². The van der Waals surface area contributed by atoms with Gasteiger partial charge in [0.15, 0.2) is 0 Å². The largest absolute Gasteiger partial charge is 0.493 e. The zero-order valence-corrected chi connectivity index (χ0v) is 18.0. The molecule has 1 heterocycles. The molecule has 0 aliphatic carbocycles. The second kappa shape index (κ2) is 9.30. The molecule has 0 saturated carbocycles. The first-order valence-electron chi connectivity index (χ1n) is 8.92. The van der Waals surface area contributed by atoms with E-state index in [1.165, 1.54) is 4.90 Å². The Balaban J connectivity index is 1.89. The van der Waals surface area contributed by atoms with Crippen molar-refractivity contribution in [3.8, 4) is 11.5 Å². The van der Waals surface area contributed by atoms with Crippen LogP contribution in [0.25, 0.3) is 6.08 Å². The van der Waals surface area contributed by atoms with Crippen molar-refractivity contribution in [2.24, 2.45) is 0 Å². The Bertz CT molecular complexity index is 914. The number of amides is 2. The van der Waals surface area contributed by atoms with Crippen molar-refractivity contribution >= 4 is 44.9 Å². The highest BCUT2D eigenvalue weighted by atomic mass is 79.9. The van der Waals surface area contributed by atoms with Gasteiger partial charge in [0.05, 0.1) is 29.1 Å². The third kappa shape index (κ3) is 4.59. The first-order chi connectivity index (χ1) is 13.5. The zero-order chi connectivity index (χ0) is 20.1. The molecule has 1 aliphatic rings. The average molecular weight is 462 g/mol. The van der Waals surface area contributed by atoms with Crippen LogP contribution in [0.3, 0.4) is 0 Å². The van der Waals surface area contributed by atoms with E-state index in [-0.39, 0.29) is 17.7 Å². The van der Waals surface area contributed by atoms with E-state index < -0.39 is 0 Å². The normalized spacial score (nSPS) is 15.4. The van der Waals surface area contributed by atoms with Crippen LogP contribution in [-0.2, 0) is 11.3 Å². The average Bonchev–Trinajstić information content (AvgIpc) is 2.94. The molecule has 1 aliphatic heterocycles. The van der Waals surface area contributed by atoms with Crippen LogP contribution in [-0.4, -0.2) is 29.3 Å². The van der Waals surface area contributed by atoms with E-state index >= 15 is 0 Å². The molecular weight excluding hydrogens is 442 g/mol. The van der Waals surface area contributed by atoms with Crippen molar-refractivity contribution in [3.05, 3.63) is 63.0 Å². The van der Waals surface area contributed by atoms with Crippen molar-refractivity contribution in [2.45, 2.75) is 20.4 Å². The van der Waals surface area contributed by atoms with Crippen molar-refractivity contribution in [1.29, 1.82) is 0 Å². The van der Waals surface area contributed by atoms with Gasteiger partial charge < -0.3 is 9.47 Å². The molecule has 0 spiro atoms. The van der Waals surface area contributed by atoms with Crippen LogP contribution < -0.4 is 9.47 Å². The Morgan fingerprint density at radius 2 is 1.71 bits per heavy atom. The molecule has 146 valence electrons. The zero-order valence-electron chi connectivity index (χ0n) is 15.6. The highest BCUT2D eigenvalue weighted by molar-refractivity contribution is 9.10. The molecule has 0 bridgehead atoms. The highest BCUT2D eigenvalue weighted by Gasteiger charge is 2.35. The predicted molar refractivity (Wildman–Crippen MR) is 114 cm³/mol. The molecule has 2 aromatic rings. The number of benzene rings is 2. The summed E-state index contributed by atoms with van der Waals surface area (Å²) in [5.74, 6) is 0.968. The molecule has 0 N–H and O–H groups in total.